The lowest BCUT2D eigenvalue weighted by molar-refractivity contribution is -0.0104. The third-order valence-electron chi connectivity index (χ3n) is 4.81. The van der Waals surface area contributed by atoms with Gasteiger partial charge in [0.15, 0.2) is 12.5 Å². The fraction of sp³-hybridized carbons (Fsp3) is 0.400. The Morgan fingerprint density at radius 3 is 1.44 bits per heavy atom. The second kappa shape index (κ2) is 9.87. The molecule has 4 rings (SSSR count). The fourth-order valence-electron chi connectivity index (χ4n) is 3.05. The summed E-state index contributed by atoms with van der Waals surface area (Å²) in [5.41, 5.74) is -0.982. The largest absolute Gasteiger partial charge is 0.393 e. The number of aromatic amines is 2. The van der Waals surface area contributed by atoms with Crippen LogP contribution in [0.5, 0.6) is 0 Å². The number of aliphatic hydroxyl groups excluding tert-OH is 2. The van der Waals surface area contributed by atoms with Crippen LogP contribution in [-0.4, -0.2) is 54.7 Å². The molecular formula is C20H24N4O8. The Morgan fingerprint density at radius 1 is 0.750 bits per heavy atom. The van der Waals surface area contributed by atoms with Crippen molar-refractivity contribution >= 4 is 0 Å². The SMILES string of the molecule is Cc1cn(C2C=CC(CO)O2)c(=O)[nH]c1=O.Cc1cn([C@H]2C=C[C@@H](CO)O2)c(=O)[nH]c1=O. The number of hydrogen-bond acceptors (Lipinski definition) is 8. The van der Waals surface area contributed by atoms with Gasteiger partial charge in [-0.1, -0.05) is 12.2 Å². The molecule has 0 bridgehead atoms. The molecule has 32 heavy (non-hydrogen) atoms. The van der Waals surface area contributed by atoms with Gasteiger partial charge in [-0.15, -0.1) is 0 Å². The van der Waals surface area contributed by atoms with Crippen LogP contribution in [0.2, 0.25) is 0 Å². The van der Waals surface area contributed by atoms with Gasteiger partial charge in [0.05, 0.1) is 13.2 Å². The van der Waals surface area contributed by atoms with Crippen LogP contribution in [0.1, 0.15) is 23.6 Å². The molecule has 0 amide bonds. The monoisotopic (exact) mass is 448 g/mol. The van der Waals surface area contributed by atoms with E-state index in [0.717, 1.165) is 0 Å². The van der Waals surface area contributed by atoms with Gasteiger partial charge in [-0.3, -0.25) is 28.7 Å². The first-order chi connectivity index (χ1) is 15.2. The number of H-pyrrole nitrogens is 2. The highest BCUT2D eigenvalue weighted by Gasteiger charge is 2.22. The maximum absolute atomic E-state index is 11.5. The highest BCUT2D eigenvalue weighted by atomic mass is 16.5. The quantitative estimate of drug-likeness (QED) is 0.413. The van der Waals surface area contributed by atoms with Crippen LogP contribution in [0.3, 0.4) is 0 Å². The molecule has 4 atom stereocenters. The molecule has 4 N–H and O–H groups in total. The fourth-order valence-corrected chi connectivity index (χ4v) is 3.05. The summed E-state index contributed by atoms with van der Waals surface area (Å²) in [6.45, 7) is 2.95. The number of nitrogens with zero attached hydrogens (tertiary/aromatic N) is 2. The van der Waals surface area contributed by atoms with Crippen molar-refractivity contribution in [1.82, 2.24) is 19.1 Å². The second-order valence-electron chi connectivity index (χ2n) is 7.22. The lowest BCUT2D eigenvalue weighted by atomic mass is 10.3. The van der Waals surface area contributed by atoms with Crippen molar-refractivity contribution in [2.24, 2.45) is 0 Å². The van der Waals surface area contributed by atoms with E-state index in [1.807, 2.05) is 0 Å². The summed E-state index contributed by atoms with van der Waals surface area (Å²) in [6.07, 6.45) is 7.63. The van der Waals surface area contributed by atoms with Crippen molar-refractivity contribution in [2.75, 3.05) is 13.2 Å². The van der Waals surface area contributed by atoms with Gasteiger partial charge in [0, 0.05) is 23.5 Å². The molecule has 0 aromatic carbocycles. The summed E-state index contributed by atoms with van der Waals surface area (Å²) in [6, 6.07) is 0. The first kappa shape index (κ1) is 23.3. The Balaban J connectivity index is 0.000000181. The number of aryl methyl sites for hydroxylation is 2. The van der Waals surface area contributed by atoms with Crippen LogP contribution >= 0.6 is 0 Å². The molecule has 12 heteroatoms. The number of ether oxygens (including phenoxy) is 2. The summed E-state index contributed by atoms with van der Waals surface area (Å²) in [4.78, 5) is 49.7. The molecule has 2 unspecified atom stereocenters. The van der Waals surface area contributed by atoms with Gasteiger partial charge in [0.2, 0.25) is 0 Å². The topological polar surface area (TPSA) is 169 Å². The number of hydrogen-bond donors (Lipinski definition) is 4. The molecule has 0 saturated carbocycles. The van der Waals surface area contributed by atoms with E-state index >= 15 is 0 Å². The lowest BCUT2D eigenvalue weighted by Crippen LogP contribution is -2.33. The molecule has 172 valence electrons. The molecule has 4 heterocycles. The highest BCUT2D eigenvalue weighted by Crippen LogP contribution is 2.19. The molecule has 0 radical (unpaired) electrons. The van der Waals surface area contributed by atoms with E-state index in [0.29, 0.717) is 11.1 Å². The van der Waals surface area contributed by atoms with Gasteiger partial charge < -0.3 is 19.7 Å². The van der Waals surface area contributed by atoms with Crippen molar-refractivity contribution in [2.45, 2.75) is 38.5 Å². The zero-order valence-corrected chi connectivity index (χ0v) is 17.4. The average molecular weight is 448 g/mol. The van der Waals surface area contributed by atoms with Crippen LogP contribution in [0, 0.1) is 13.8 Å². The zero-order chi connectivity index (χ0) is 23.4. The average Bonchev–Trinajstić information content (AvgIpc) is 3.43. The van der Waals surface area contributed by atoms with E-state index in [4.69, 9.17) is 19.7 Å². The first-order valence-electron chi connectivity index (χ1n) is 9.77. The maximum atomic E-state index is 11.5. The number of aromatic nitrogens is 4. The Bertz CT molecular complexity index is 1150. The number of rotatable bonds is 4. The summed E-state index contributed by atoms with van der Waals surface area (Å²) >= 11 is 0. The predicted octanol–water partition coefficient (Wildman–Crippen LogP) is -1.42. The molecule has 0 fully saturated rings. The third-order valence-corrected chi connectivity index (χ3v) is 4.81. The van der Waals surface area contributed by atoms with Gasteiger partial charge in [-0.05, 0) is 26.0 Å². The van der Waals surface area contributed by atoms with Crippen LogP contribution in [-0.2, 0) is 9.47 Å². The van der Waals surface area contributed by atoms with Gasteiger partial charge in [0.25, 0.3) is 11.1 Å². The highest BCUT2D eigenvalue weighted by molar-refractivity contribution is 5.07. The van der Waals surface area contributed by atoms with Crippen LogP contribution in [0.25, 0.3) is 0 Å². The number of nitrogens with one attached hydrogen (secondary N) is 2. The molecule has 0 saturated heterocycles. The van der Waals surface area contributed by atoms with Crippen LogP contribution in [0.15, 0.2) is 55.9 Å². The molecule has 2 aromatic heterocycles. The Labute approximate surface area is 180 Å². The number of aliphatic hydroxyl groups is 2. The predicted molar refractivity (Wildman–Crippen MR) is 112 cm³/mol. The van der Waals surface area contributed by atoms with Crippen molar-refractivity contribution in [3.05, 3.63) is 89.5 Å². The van der Waals surface area contributed by atoms with Crippen molar-refractivity contribution < 1.29 is 19.7 Å². The maximum Gasteiger partial charge on any atom is 0.330 e. The van der Waals surface area contributed by atoms with Crippen molar-refractivity contribution in [3.8, 4) is 0 Å². The van der Waals surface area contributed by atoms with Gasteiger partial charge in [-0.2, -0.15) is 0 Å². The minimum atomic E-state index is -0.569. The second-order valence-corrected chi connectivity index (χ2v) is 7.22. The van der Waals surface area contributed by atoms with Crippen molar-refractivity contribution in [3.63, 3.8) is 0 Å². The molecule has 2 aromatic rings. The van der Waals surface area contributed by atoms with Crippen molar-refractivity contribution in [1.29, 1.82) is 0 Å². The van der Waals surface area contributed by atoms with Gasteiger partial charge >= 0.3 is 11.4 Å². The normalized spacial score (nSPS) is 23.9. The van der Waals surface area contributed by atoms with E-state index in [-0.39, 0.29) is 13.2 Å². The van der Waals surface area contributed by atoms with E-state index in [1.54, 1.807) is 38.2 Å². The third kappa shape index (κ3) is 5.11. The summed E-state index contributed by atoms with van der Waals surface area (Å²) in [5, 5.41) is 17.8. The first-order valence-corrected chi connectivity index (χ1v) is 9.77. The molecule has 0 spiro atoms. The Hall–Kier alpha value is -3.32. The minimum Gasteiger partial charge on any atom is -0.393 e. The smallest absolute Gasteiger partial charge is 0.330 e. The Kier molecular flexibility index (Phi) is 7.20. The summed E-state index contributed by atoms with van der Waals surface area (Å²) in [7, 11) is 0. The lowest BCUT2D eigenvalue weighted by Gasteiger charge is -2.14. The van der Waals surface area contributed by atoms with Gasteiger partial charge in [-0.25, -0.2) is 9.59 Å². The molecule has 2 aliphatic rings. The Morgan fingerprint density at radius 2 is 1.12 bits per heavy atom. The molecular weight excluding hydrogens is 424 g/mol. The van der Waals surface area contributed by atoms with E-state index in [1.165, 1.54) is 21.5 Å². The van der Waals surface area contributed by atoms with Crippen LogP contribution < -0.4 is 22.5 Å². The van der Waals surface area contributed by atoms with E-state index in [9.17, 15) is 19.2 Å². The van der Waals surface area contributed by atoms with E-state index < -0.39 is 47.2 Å². The minimum absolute atomic E-state index is 0.135. The molecule has 2 aliphatic heterocycles. The molecule has 0 aliphatic carbocycles. The zero-order valence-electron chi connectivity index (χ0n) is 17.4. The van der Waals surface area contributed by atoms with Crippen LogP contribution in [0.4, 0.5) is 0 Å². The summed E-state index contributed by atoms with van der Waals surface area (Å²) in [5.74, 6) is 0. The summed E-state index contributed by atoms with van der Waals surface area (Å²) < 4.78 is 13.3. The van der Waals surface area contributed by atoms with Gasteiger partial charge in [0.1, 0.15) is 12.2 Å². The molecule has 12 nitrogen and oxygen atoms in total. The van der Waals surface area contributed by atoms with E-state index in [2.05, 4.69) is 9.97 Å². The standard InChI is InChI=1S/2C10H12N2O4/c2*1-6-4-12(10(15)11-9(6)14)8-3-2-7(5-13)16-8/h2*2-4,7-8,13H,5H2,1H3,(H,11,14,15)/t7-,8+;/m0./s1.